The van der Waals surface area contributed by atoms with E-state index in [0.717, 1.165) is 16.0 Å². The van der Waals surface area contributed by atoms with Crippen molar-refractivity contribution < 1.29 is 15.0 Å². The van der Waals surface area contributed by atoms with Crippen LogP contribution in [0.15, 0.2) is 17.0 Å². The van der Waals surface area contributed by atoms with Gasteiger partial charge in [-0.2, -0.15) is 0 Å². The normalized spacial score (nSPS) is 12.4. The highest BCUT2D eigenvalue weighted by molar-refractivity contribution is 7.98. The predicted molar refractivity (Wildman–Crippen MR) is 65.1 cm³/mol. The Labute approximate surface area is 99.5 Å². The number of thioether (sulfide) groups is 1. The third-order valence-electron chi connectivity index (χ3n) is 2.55. The van der Waals surface area contributed by atoms with Crippen molar-refractivity contribution >= 4 is 17.7 Å². The van der Waals surface area contributed by atoms with E-state index in [0.29, 0.717) is 6.42 Å². The van der Waals surface area contributed by atoms with E-state index in [4.69, 9.17) is 5.11 Å². The van der Waals surface area contributed by atoms with Gasteiger partial charge in [-0.1, -0.05) is 6.92 Å². The van der Waals surface area contributed by atoms with Crippen LogP contribution in [0.5, 0.6) is 5.75 Å². The minimum absolute atomic E-state index is 0.227. The molecule has 4 heteroatoms. The summed E-state index contributed by atoms with van der Waals surface area (Å²) in [6.45, 7) is 3.50. The molecule has 0 fully saturated rings. The topological polar surface area (TPSA) is 57.5 Å². The third-order valence-corrected chi connectivity index (χ3v) is 3.37. The molecule has 88 valence electrons. The fourth-order valence-electron chi connectivity index (χ4n) is 1.48. The molecule has 1 aromatic carbocycles. The molecule has 1 unspecified atom stereocenters. The zero-order chi connectivity index (χ0) is 12.3. The number of phenolic OH excluding ortho intramolecular Hbond substituents is 1. The molecule has 0 aromatic heterocycles. The molecule has 0 bridgehead atoms. The molecule has 3 nitrogen and oxygen atoms in total. The van der Waals surface area contributed by atoms with Crippen molar-refractivity contribution in [2.45, 2.75) is 25.2 Å². The second-order valence-electron chi connectivity index (χ2n) is 3.89. The average molecular weight is 240 g/mol. The summed E-state index contributed by atoms with van der Waals surface area (Å²) in [7, 11) is 0. The van der Waals surface area contributed by atoms with Gasteiger partial charge < -0.3 is 10.2 Å². The summed E-state index contributed by atoms with van der Waals surface area (Å²) in [5.74, 6) is -1.02. The number of phenols is 1. The maximum atomic E-state index is 10.8. The van der Waals surface area contributed by atoms with Gasteiger partial charge in [0.2, 0.25) is 0 Å². The molecule has 1 atom stereocenters. The quantitative estimate of drug-likeness (QED) is 0.794. The second-order valence-corrected chi connectivity index (χ2v) is 4.74. The van der Waals surface area contributed by atoms with Crippen molar-refractivity contribution in [3.63, 3.8) is 0 Å². The van der Waals surface area contributed by atoms with Gasteiger partial charge in [0, 0.05) is 4.90 Å². The number of carboxylic acid groups (broad SMARTS) is 1. The first-order chi connectivity index (χ1) is 7.45. The fraction of sp³-hybridized carbons (Fsp3) is 0.417. The molecule has 0 radical (unpaired) electrons. The van der Waals surface area contributed by atoms with E-state index in [9.17, 15) is 9.90 Å². The van der Waals surface area contributed by atoms with Crippen LogP contribution >= 0.6 is 11.8 Å². The SMILES string of the molecule is CSc1cc(C)c(O)cc1CC(C)C(=O)O. The van der Waals surface area contributed by atoms with E-state index in [1.165, 1.54) is 0 Å². The Hall–Kier alpha value is -1.16. The lowest BCUT2D eigenvalue weighted by Gasteiger charge is -2.12. The number of hydrogen-bond acceptors (Lipinski definition) is 3. The van der Waals surface area contributed by atoms with Gasteiger partial charge in [-0.25, -0.2) is 0 Å². The summed E-state index contributed by atoms with van der Waals surface area (Å²) in [6.07, 6.45) is 2.39. The molecular weight excluding hydrogens is 224 g/mol. The van der Waals surface area contributed by atoms with E-state index < -0.39 is 11.9 Å². The third kappa shape index (κ3) is 2.92. The summed E-state index contributed by atoms with van der Waals surface area (Å²) in [5, 5.41) is 18.5. The smallest absolute Gasteiger partial charge is 0.306 e. The van der Waals surface area contributed by atoms with Gasteiger partial charge in [0.15, 0.2) is 0 Å². The number of aryl methyl sites for hydroxylation is 1. The number of aliphatic carboxylic acids is 1. The number of rotatable bonds is 4. The Bertz CT molecular complexity index is 401. The highest BCUT2D eigenvalue weighted by Gasteiger charge is 2.15. The van der Waals surface area contributed by atoms with E-state index >= 15 is 0 Å². The molecule has 0 saturated carbocycles. The lowest BCUT2D eigenvalue weighted by molar-refractivity contribution is -0.141. The van der Waals surface area contributed by atoms with Crippen molar-refractivity contribution in [1.29, 1.82) is 0 Å². The van der Waals surface area contributed by atoms with Crippen LogP contribution in [0, 0.1) is 12.8 Å². The largest absolute Gasteiger partial charge is 0.508 e. The molecule has 0 spiro atoms. The van der Waals surface area contributed by atoms with Crippen LogP contribution in [0.3, 0.4) is 0 Å². The molecule has 0 aliphatic rings. The molecule has 0 amide bonds. The Morgan fingerprint density at radius 1 is 1.50 bits per heavy atom. The predicted octanol–water partition coefficient (Wildman–Crippen LogP) is 2.69. The van der Waals surface area contributed by atoms with E-state index in [1.807, 2.05) is 19.2 Å². The van der Waals surface area contributed by atoms with E-state index in [-0.39, 0.29) is 5.75 Å². The summed E-state index contributed by atoms with van der Waals surface area (Å²) >= 11 is 1.57. The van der Waals surface area contributed by atoms with Crippen LogP contribution in [0.25, 0.3) is 0 Å². The second kappa shape index (κ2) is 5.25. The molecule has 0 saturated heterocycles. The zero-order valence-corrected chi connectivity index (χ0v) is 10.5. The zero-order valence-electron chi connectivity index (χ0n) is 9.65. The van der Waals surface area contributed by atoms with Gasteiger partial charge in [0.05, 0.1) is 5.92 Å². The number of carbonyl (C=O) groups is 1. The Morgan fingerprint density at radius 2 is 2.12 bits per heavy atom. The summed E-state index contributed by atoms with van der Waals surface area (Å²) in [6, 6.07) is 3.56. The van der Waals surface area contributed by atoms with Crippen molar-refractivity contribution in [2.75, 3.05) is 6.26 Å². The van der Waals surface area contributed by atoms with Gasteiger partial charge in [-0.3, -0.25) is 4.79 Å². The van der Waals surface area contributed by atoms with Gasteiger partial charge in [-0.15, -0.1) is 11.8 Å². The molecule has 0 aliphatic carbocycles. The molecule has 0 heterocycles. The van der Waals surface area contributed by atoms with Crippen LogP contribution in [-0.4, -0.2) is 22.4 Å². The van der Waals surface area contributed by atoms with Crippen molar-refractivity contribution in [3.8, 4) is 5.75 Å². The van der Waals surface area contributed by atoms with Crippen molar-refractivity contribution in [3.05, 3.63) is 23.3 Å². The standard InChI is InChI=1S/C12H16O3S/c1-7-5-11(16-3)9(6-10(7)13)4-8(2)12(14)15/h5-6,8,13H,4H2,1-3H3,(H,14,15). The molecular formula is C12H16O3S. The molecule has 2 N–H and O–H groups in total. The molecule has 1 aromatic rings. The maximum Gasteiger partial charge on any atom is 0.306 e. The number of aromatic hydroxyl groups is 1. The molecule has 1 rings (SSSR count). The van der Waals surface area contributed by atoms with Crippen LogP contribution < -0.4 is 0 Å². The van der Waals surface area contributed by atoms with Crippen LogP contribution in [0.2, 0.25) is 0 Å². The first-order valence-electron chi connectivity index (χ1n) is 5.05. The van der Waals surface area contributed by atoms with E-state index in [2.05, 4.69) is 0 Å². The van der Waals surface area contributed by atoms with Crippen LogP contribution in [0.1, 0.15) is 18.1 Å². The van der Waals surface area contributed by atoms with Gasteiger partial charge >= 0.3 is 5.97 Å². The van der Waals surface area contributed by atoms with E-state index in [1.54, 1.807) is 24.8 Å². The lowest BCUT2D eigenvalue weighted by atomic mass is 10.00. The number of benzene rings is 1. The Balaban J connectivity index is 3.03. The van der Waals surface area contributed by atoms with Crippen molar-refractivity contribution in [1.82, 2.24) is 0 Å². The first-order valence-corrected chi connectivity index (χ1v) is 6.27. The maximum absolute atomic E-state index is 10.8. The summed E-state index contributed by atoms with van der Waals surface area (Å²) in [4.78, 5) is 11.8. The van der Waals surface area contributed by atoms with Crippen LogP contribution in [0.4, 0.5) is 0 Å². The number of carboxylic acids is 1. The summed E-state index contributed by atoms with van der Waals surface area (Å²) < 4.78 is 0. The highest BCUT2D eigenvalue weighted by Crippen LogP contribution is 2.29. The fourth-order valence-corrected chi connectivity index (χ4v) is 2.18. The molecule has 16 heavy (non-hydrogen) atoms. The minimum atomic E-state index is -0.813. The number of hydrogen-bond donors (Lipinski definition) is 2. The highest BCUT2D eigenvalue weighted by atomic mass is 32.2. The Kier molecular flexibility index (Phi) is 4.24. The Morgan fingerprint density at radius 3 is 2.62 bits per heavy atom. The lowest BCUT2D eigenvalue weighted by Crippen LogP contribution is -2.12. The monoisotopic (exact) mass is 240 g/mol. The average Bonchev–Trinajstić information content (AvgIpc) is 2.22. The van der Waals surface area contributed by atoms with Crippen molar-refractivity contribution in [2.24, 2.45) is 5.92 Å². The minimum Gasteiger partial charge on any atom is -0.508 e. The van der Waals surface area contributed by atoms with Gasteiger partial charge in [0.25, 0.3) is 0 Å². The van der Waals surface area contributed by atoms with Gasteiger partial charge in [-0.05, 0) is 42.9 Å². The van der Waals surface area contributed by atoms with Gasteiger partial charge in [0.1, 0.15) is 5.75 Å². The van der Waals surface area contributed by atoms with Crippen LogP contribution in [-0.2, 0) is 11.2 Å². The first kappa shape index (κ1) is 12.9. The molecule has 0 aliphatic heterocycles. The summed E-state index contributed by atoms with van der Waals surface area (Å²) in [5.41, 5.74) is 1.71.